The van der Waals surface area contributed by atoms with Gasteiger partial charge in [-0.1, -0.05) is 116 Å². The normalized spacial score (nSPS) is 14.9. The molecule has 0 aromatic carbocycles. The first-order valence-electron chi connectivity index (χ1n) is 33.2. The van der Waals surface area contributed by atoms with Crippen LogP contribution < -0.4 is 0 Å². The van der Waals surface area contributed by atoms with Gasteiger partial charge >= 0.3 is 29.8 Å². The van der Waals surface area contributed by atoms with Crippen LogP contribution in [-0.4, -0.2) is 216 Å². The number of aliphatic hydroxyl groups is 4. The summed E-state index contributed by atoms with van der Waals surface area (Å²) in [5, 5.41) is 44.0. The lowest BCUT2D eigenvalue weighted by Crippen LogP contribution is -2.47. The molecule has 1 saturated heterocycles. The van der Waals surface area contributed by atoms with Crippen molar-refractivity contribution in [3.8, 4) is 0 Å². The molecule has 0 amide bonds. The molecule has 0 radical (unpaired) electrons. The van der Waals surface area contributed by atoms with Crippen molar-refractivity contribution < 1.29 is 68.1 Å². The van der Waals surface area contributed by atoms with Crippen LogP contribution in [0.3, 0.4) is 0 Å². The molecule has 0 bridgehead atoms. The lowest BCUT2D eigenvalue weighted by atomic mass is 10.1. The van der Waals surface area contributed by atoms with Gasteiger partial charge in [-0.25, -0.2) is 0 Å². The fourth-order valence-corrected chi connectivity index (χ4v) is 12.3. The number of esters is 5. The lowest BCUT2D eigenvalue weighted by molar-refractivity contribution is -0.150. The number of ether oxygens (including phenoxy) is 5. The van der Waals surface area contributed by atoms with Crippen LogP contribution >= 0.6 is 21.6 Å². The highest BCUT2D eigenvalue weighted by molar-refractivity contribution is 8.76. The van der Waals surface area contributed by atoms with Gasteiger partial charge in [-0.2, -0.15) is 0 Å². The van der Waals surface area contributed by atoms with Gasteiger partial charge in [-0.3, -0.25) is 43.6 Å². The van der Waals surface area contributed by atoms with Crippen LogP contribution in [0.4, 0.5) is 0 Å². The Morgan fingerprint density at radius 2 is 0.762 bits per heavy atom. The van der Waals surface area contributed by atoms with Gasteiger partial charge in [-0.15, -0.1) is 0 Å². The summed E-state index contributed by atoms with van der Waals surface area (Å²) in [6, 6.07) is 0. The maximum atomic E-state index is 12.8. The van der Waals surface area contributed by atoms with Crippen LogP contribution in [0.15, 0.2) is 0 Å². The number of hydrogen-bond acceptors (Lipinski definition) is 20. The van der Waals surface area contributed by atoms with Crippen molar-refractivity contribution in [3.05, 3.63) is 0 Å². The zero-order valence-electron chi connectivity index (χ0n) is 54.0. The van der Waals surface area contributed by atoms with Gasteiger partial charge in [0.1, 0.15) is 18.8 Å². The predicted molar refractivity (Wildman–Crippen MR) is 340 cm³/mol. The monoisotopic (exact) mass is 1230 g/mol. The third-order valence-corrected chi connectivity index (χ3v) is 18.7. The van der Waals surface area contributed by atoms with Gasteiger partial charge in [0.05, 0.1) is 37.6 Å². The van der Waals surface area contributed by atoms with Crippen molar-refractivity contribution in [3.63, 3.8) is 0 Å². The Hall–Kier alpha value is -2.27. The summed E-state index contributed by atoms with van der Waals surface area (Å²) in [6.45, 7) is 25.8. The van der Waals surface area contributed by atoms with E-state index in [2.05, 4.69) is 42.4 Å². The average Bonchev–Trinajstić information content (AvgIpc) is 3.53. The second-order valence-electron chi connectivity index (χ2n) is 23.4. The zero-order valence-corrected chi connectivity index (χ0v) is 55.6. The molecule has 20 heteroatoms. The Morgan fingerprint density at radius 3 is 1.18 bits per heavy atom. The second-order valence-corrected chi connectivity index (χ2v) is 26.1. The summed E-state index contributed by atoms with van der Waals surface area (Å²) in [5.74, 6) is 1.70. The number of hydrogen-bond donors (Lipinski definition) is 4. The fraction of sp³-hybridized carbons (Fsp3) is 0.922. The number of aliphatic hydroxyl groups excluding tert-OH is 4. The summed E-state index contributed by atoms with van der Waals surface area (Å²) >= 11 is 0. The Kier molecular flexibility index (Phi) is 50.0. The molecule has 1 aliphatic rings. The van der Waals surface area contributed by atoms with Crippen molar-refractivity contribution in [2.24, 2.45) is 11.8 Å². The van der Waals surface area contributed by atoms with Crippen LogP contribution in [-0.2, 0) is 47.7 Å². The first-order chi connectivity index (χ1) is 40.5. The van der Waals surface area contributed by atoms with Crippen molar-refractivity contribution in [1.82, 2.24) is 19.6 Å². The molecule has 4 N–H and O–H groups in total. The van der Waals surface area contributed by atoms with Gasteiger partial charge < -0.3 is 44.1 Å². The molecule has 1 aliphatic heterocycles. The molecule has 0 aromatic rings. The van der Waals surface area contributed by atoms with E-state index in [0.29, 0.717) is 128 Å². The number of rotatable bonds is 56. The van der Waals surface area contributed by atoms with E-state index < -0.39 is 24.4 Å². The van der Waals surface area contributed by atoms with E-state index in [9.17, 15) is 44.4 Å². The van der Waals surface area contributed by atoms with E-state index in [1.807, 2.05) is 54.2 Å². The van der Waals surface area contributed by atoms with Gasteiger partial charge in [0, 0.05) is 109 Å². The maximum Gasteiger partial charge on any atom is 0.306 e. The molecule has 0 saturated carbocycles. The first kappa shape index (κ1) is 79.7. The number of unbranched alkanes of at least 4 members (excludes halogenated alkanes) is 3. The minimum atomic E-state index is -0.727. The molecular weight excluding hydrogens is 1110 g/mol. The van der Waals surface area contributed by atoms with Gasteiger partial charge in [-0.05, 0) is 121 Å². The summed E-state index contributed by atoms with van der Waals surface area (Å²) in [4.78, 5) is 71.0. The van der Waals surface area contributed by atoms with Crippen molar-refractivity contribution >= 4 is 51.4 Å². The van der Waals surface area contributed by atoms with Crippen molar-refractivity contribution in [2.75, 3.05) is 110 Å². The Morgan fingerprint density at radius 1 is 0.405 bits per heavy atom. The molecule has 494 valence electrons. The van der Waals surface area contributed by atoms with Crippen LogP contribution in [0.2, 0.25) is 0 Å². The highest BCUT2D eigenvalue weighted by Crippen LogP contribution is 2.23. The highest BCUT2D eigenvalue weighted by atomic mass is 33.1. The van der Waals surface area contributed by atoms with E-state index in [4.69, 9.17) is 23.7 Å². The summed E-state index contributed by atoms with van der Waals surface area (Å²) in [5.41, 5.74) is 0. The largest absolute Gasteiger partial charge is 0.465 e. The number of nitrogens with zero attached hydrogens (tertiary/aromatic N) is 4. The molecule has 84 heavy (non-hydrogen) atoms. The van der Waals surface area contributed by atoms with E-state index in [-0.39, 0.29) is 74.4 Å². The molecule has 0 spiro atoms. The van der Waals surface area contributed by atoms with Crippen molar-refractivity contribution in [2.45, 2.75) is 259 Å². The number of carbonyl (C=O) groups is 5. The smallest absolute Gasteiger partial charge is 0.306 e. The van der Waals surface area contributed by atoms with Crippen LogP contribution in [0, 0.1) is 11.8 Å². The van der Waals surface area contributed by atoms with Crippen molar-refractivity contribution in [1.29, 1.82) is 0 Å². The zero-order chi connectivity index (χ0) is 62.2. The van der Waals surface area contributed by atoms with E-state index in [1.165, 1.54) is 0 Å². The van der Waals surface area contributed by atoms with Crippen LogP contribution in [0.1, 0.15) is 222 Å². The van der Waals surface area contributed by atoms with Gasteiger partial charge in [0.25, 0.3) is 0 Å². The maximum absolute atomic E-state index is 12.8. The summed E-state index contributed by atoms with van der Waals surface area (Å²) in [7, 11) is 3.79. The Labute approximate surface area is 517 Å². The minimum Gasteiger partial charge on any atom is -0.465 e. The average molecular weight is 1240 g/mol. The summed E-state index contributed by atoms with van der Waals surface area (Å²) < 4.78 is 27.6. The third kappa shape index (κ3) is 43.4. The second kappa shape index (κ2) is 52.6. The van der Waals surface area contributed by atoms with E-state index in [0.717, 1.165) is 128 Å². The predicted octanol–water partition coefficient (Wildman–Crippen LogP) is 10.0. The fourth-order valence-electron chi connectivity index (χ4n) is 10.2. The quantitative estimate of drug-likeness (QED) is 0.0192. The SMILES string of the molecule is CCC(CC)COC(=O)CCCCC(O)CN(CCCCSSCCN1CCN(CCOC(=O)CCCN(CC(O)CCCC(=O)OC(CC)CC)CC(O)CCCC(=O)OC(CC)CC)CC1)CC(O)CCCCC(=O)OCC(CC)CC. The van der Waals surface area contributed by atoms with Gasteiger partial charge in [0.15, 0.2) is 0 Å². The molecule has 4 atom stereocenters. The lowest BCUT2D eigenvalue weighted by Gasteiger charge is -2.34. The van der Waals surface area contributed by atoms with Crippen LogP contribution in [0.5, 0.6) is 0 Å². The van der Waals surface area contributed by atoms with Crippen LogP contribution in [0.25, 0.3) is 0 Å². The van der Waals surface area contributed by atoms with E-state index in [1.54, 1.807) is 0 Å². The number of carbonyl (C=O) groups excluding carboxylic acids is 5. The molecule has 4 unspecified atom stereocenters. The Bertz CT molecular complexity index is 1550. The molecule has 0 aromatic heterocycles. The summed E-state index contributed by atoms with van der Waals surface area (Å²) in [6.07, 6.45) is 13.8. The first-order valence-corrected chi connectivity index (χ1v) is 35.7. The molecular formula is C64H122N4O14S2. The third-order valence-electron chi connectivity index (χ3n) is 16.3. The topological polar surface area (TPSA) is 225 Å². The van der Waals surface area contributed by atoms with E-state index >= 15 is 0 Å². The number of piperazine rings is 1. The highest BCUT2D eigenvalue weighted by Gasteiger charge is 2.22. The molecule has 0 aliphatic carbocycles. The minimum absolute atomic E-state index is 0.0930. The van der Waals surface area contributed by atoms with Gasteiger partial charge in [0.2, 0.25) is 0 Å². The molecule has 1 fully saturated rings. The molecule has 1 rings (SSSR count). The molecule has 18 nitrogen and oxygen atoms in total. The molecule has 1 heterocycles. The standard InChI is InChI=1S/C64H122N4O14S2/c1-9-52(10-2)50-79-61(74)30-19-17-26-54(69)46-67(47-55(70)27-18-20-31-62(75)80-51-53(11-3)12-4)35-21-22-44-83-84-45-42-66-39-37-65(38-40-66)41-43-78-60(73)34-25-36-68(48-56(71)28-23-32-63(76)81-58(13-5)14-6)49-57(72)29-24-33-64(77)82-59(15-7)16-8/h52-59,69-72H,9-51H2,1-8H3. The Balaban J connectivity index is 2.48.